The molecule has 1 aliphatic heterocycles. The van der Waals surface area contributed by atoms with Gasteiger partial charge in [-0.15, -0.1) is 36.2 Å². The number of phenolic OH excluding ortho intramolecular Hbond substituents is 1. The largest absolute Gasteiger partial charge is 0.508 e. The van der Waals surface area contributed by atoms with Gasteiger partial charge in [0.2, 0.25) is 0 Å². The number of benzene rings is 1. The maximum absolute atomic E-state index is 12.2. The fourth-order valence-corrected chi connectivity index (χ4v) is 5.09. The highest BCUT2D eigenvalue weighted by Crippen LogP contribution is 2.33. The SMILES string of the molecule is CN(C)C1CCCN(CCCc2c(O)ccc3[nH]c(=O)c4sccc4c23)C1.Cl.Cl. The molecule has 0 aliphatic carbocycles. The van der Waals surface area contributed by atoms with Crippen molar-refractivity contribution in [1.29, 1.82) is 0 Å². The molecule has 1 fully saturated rings. The zero-order valence-electron chi connectivity index (χ0n) is 16.8. The lowest BCUT2D eigenvalue weighted by Crippen LogP contribution is -2.45. The number of fused-ring (bicyclic) bond motifs is 3. The maximum Gasteiger partial charge on any atom is 0.266 e. The number of phenols is 1. The lowest BCUT2D eigenvalue weighted by molar-refractivity contribution is 0.132. The molecule has 5 nitrogen and oxygen atoms in total. The minimum absolute atomic E-state index is 0. The second-order valence-electron chi connectivity index (χ2n) is 7.77. The first-order valence-corrected chi connectivity index (χ1v) is 10.6. The Morgan fingerprint density at radius 3 is 2.83 bits per heavy atom. The molecule has 1 saturated heterocycles. The van der Waals surface area contributed by atoms with E-state index in [1.807, 2.05) is 11.4 Å². The molecule has 160 valence electrons. The Hall–Kier alpha value is -1.31. The van der Waals surface area contributed by atoms with Crippen molar-refractivity contribution in [3.63, 3.8) is 0 Å². The lowest BCUT2D eigenvalue weighted by Gasteiger charge is -2.36. The van der Waals surface area contributed by atoms with Gasteiger partial charge in [0.1, 0.15) is 10.4 Å². The number of aryl methyl sites for hydroxylation is 1. The molecule has 1 unspecified atom stereocenters. The molecule has 1 aliphatic rings. The molecule has 2 aromatic heterocycles. The number of likely N-dealkylation sites (tertiary alicyclic amines) is 1. The highest BCUT2D eigenvalue weighted by molar-refractivity contribution is 7.17. The second-order valence-corrected chi connectivity index (χ2v) is 8.68. The van der Waals surface area contributed by atoms with Crippen molar-refractivity contribution in [3.05, 3.63) is 39.5 Å². The quantitative estimate of drug-likeness (QED) is 0.600. The third-order valence-electron chi connectivity index (χ3n) is 5.79. The van der Waals surface area contributed by atoms with Crippen molar-refractivity contribution in [3.8, 4) is 5.75 Å². The molecule has 2 N–H and O–H groups in total. The number of likely N-dealkylation sites (N-methyl/N-ethyl adjacent to an activating group) is 1. The standard InChI is InChI=1S/C21H27N3O2S.2ClH/c1-23(2)14-5-3-10-24(13-14)11-4-6-15-18(25)8-7-17-19(15)16-9-12-27-20(16)21(26)22-17;;/h7-9,12,14,25H,3-6,10-11,13H2,1-2H3,(H,22,26);2*1H. The maximum atomic E-state index is 12.2. The van der Waals surface area contributed by atoms with Crippen molar-refractivity contribution in [2.45, 2.75) is 31.7 Å². The molecule has 0 bridgehead atoms. The number of piperidine rings is 1. The number of rotatable bonds is 5. The number of thiophene rings is 1. The third kappa shape index (κ3) is 4.89. The Morgan fingerprint density at radius 2 is 2.07 bits per heavy atom. The molecule has 8 heteroatoms. The fraction of sp³-hybridized carbons (Fsp3) is 0.476. The first-order chi connectivity index (χ1) is 13.0. The van der Waals surface area contributed by atoms with Gasteiger partial charge >= 0.3 is 0 Å². The number of aromatic hydroxyl groups is 1. The van der Waals surface area contributed by atoms with Gasteiger partial charge in [-0.05, 0) is 76.4 Å². The molecular formula is C21H29Cl2N3O2S. The first kappa shape index (κ1) is 24.0. The van der Waals surface area contributed by atoms with Crippen LogP contribution in [0.25, 0.3) is 21.0 Å². The van der Waals surface area contributed by atoms with E-state index in [0.717, 1.165) is 59.0 Å². The second kappa shape index (κ2) is 10.1. The van der Waals surface area contributed by atoms with Crippen LogP contribution in [0.5, 0.6) is 5.75 Å². The predicted octanol–water partition coefficient (Wildman–Crippen LogP) is 4.25. The van der Waals surface area contributed by atoms with Crippen LogP contribution in [-0.2, 0) is 6.42 Å². The fourth-order valence-electron chi connectivity index (χ4n) is 4.30. The van der Waals surface area contributed by atoms with Gasteiger partial charge in [-0.25, -0.2) is 0 Å². The number of halogens is 2. The van der Waals surface area contributed by atoms with Gasteiger partial charge in [0, 0.05) is 34.4 Å². The van der Waals surface area contributed by atoms with Crippen molar-refractivity contribution in [1.82, 2.24) is 14.8 Å². The number of hydrogen-bond acceptors (Lipinski definition) is 5. The average molecular weight is 458 g/mol. The topological polar surface area (TPSA) is 59.6 Å². The molecule has 0 radical (unpaired) electrons. The van der Waals surface area contributed by atoms with Gasteiger partial charge < -0.3 is 19.9 Å². The summed E-state index contributed by atoms with van der Waals surface area (Å²) in [6.45, 7) is 3.32. The smallest absolute Gasteiger partial charge is 0.266 e. The molecule has 3 aromatic rings. The monoisotopic (exact) mass is 457 g/mol. The van der Waals surface area contributed by atoms with Gasteiger partial charge in [0.25, 0.3) is 5.56 Å². The summed E-state index contributed by atoms with van der Waals surface area (Å²) in [6, 6.07) is 6.14. The van der Waals surface area contributed by atoms with Gasteiger partial charge in [-0.1, -0.05) is 0 Å². The summed E-state index contributed by atoms with van der Waals surface area (Å²) in [5.74, 6) is 0.326. The number of H-pyrrole nitrogens is 1. The molecule has 0 amide bonds. The van der Waals surface area contributed by atoms with Crippen LogP contribution in [-0.4, -0.2) is 59.7 Å². The van der Waals surface area contributed by atoms with E-state index in [1.165, 1.54) is 24.2 Å². The zero-order chi connectivity index (χ0) is 19.0. The number of aromatic amines is 1. The highest BCUT2D eigenvalue weighted by Gasteiger charge is 2.21. The van der Waals surface area contributed by atoms with E-state index in [0.29, 0.717) is 11.8 Å². The predicted molar refractivity (Wildman–Crippen MR) is 128 cm³/mol. The van der Waals surface area contributed by atoms with Crippen LogP contribution in [0.4, 0.5) is 0 Å². The van der Waals surface area contributed by atoms with Crippen LogP contribution in [0, 0.1) is 0 Å². The molecule has 29 heavy (non-hydrogen) atoms. The summed E-state index contributed by atoms with van der Waals surface area (Å²) in [5, 5.41) is 14.4. The minimum Gasteiger partial charge on any atom is -0.508 e. The van der Waals surface area contributed by atoms with Crippen molar-refractivity contribution < 1.29 is 5.11 Å². The summed E-state index contributed by atoms with van der Waals surface area (Å²) in [5.41, 5.74) is 1.71. The molecule has 4 rings (SSSR count). The molecule has 0 spiro atoms. The van der Waals surface area contributed by atoms with E-state index in [1.54, 1.807) is 12.1 Å². The Bertz CT molecular complexity index is 1020. The van der Waals surface area contributed by atoms with Gasteiger partial charge in [-0.3, -0.25) is 4.79 Å². The van der Waals surface area contributed by atoms with Gasteiger partial charge in [-0.2, -0.15) is 0 Å². The van der Waals surface area contributed by atoms with E-state index in [4.69, 9.17) is 0 Å². The van der Waals surface area contributed by atoms with Crippen LogP contribution in [0.3, 0.4) is 0 Å². The molecule has 1 atom stereocenters. The molecule has 1 aromatic carbocycles. The van der Waals surface area contributed by atoms with Crippen LogP contribution >= 0.6 is 36.2 Å². The lowest BCUT2D eigenvalue weighted by atomic mass is 9.99. The van der Waals surface area contributed by atoms with Crippen LogP contribution < -0.4 is 5.56 Å². The minimum atomic E-state index is -0.0489. The number of hydrogen-bond donors (Lipinski definition) is 2. The van der Waals surface area contributed by atoms with Crippen molar-refractivity contribution in [2.24, 2.45) is 0 Å². The summed E-state index contributed by atoms with van der Waals surface area (Å²) in [7, 11) is 4.32. The van der Waals surface area contributed by atoms with E-state index in [2.05, 4.69) is 28.9 Å². The Balaban J connectivity index is 0.00000150. The average Bonchev–Trinajstić information content (AvgIpc) is 3.14. The summed E-state index contributed by atoms with van der Waals surface area (Å²) in [6.07, 6.45) is 4.33. The van der Waals surface area contributed by atoms with E-state index in [9.17, 15) is 9.90 Å². The molecule has 0 saturated carbocycles. The number of pyridine rings is 1. The molecule has 3 heterocycles. The number of nitrogens with one attached hydrogen (secondary N) is 1. The van der Waals surface area contributed by atoms with E-state index >= 15 is 0 Å². The van der Waals surface area contributed by atoms with Crippen molar-refractivity contribution >= 4 is 57.1 Å². The molecular weight excluding hydrogens is 429 g/mol. The summed E-state index contributed by atoms with van der Waals surface area (Å²) < 4.78 is 0.735. The van der Waals surface area contributed by atoms with Gasteiger partial charge in [0.05, 0.1) is 0 Å². The number of nitrogens with zero attached hydrogens (tertiary/aromatic N) is 2. The Morgan fingerprint density at radius 1 is 1.28 bits per heavy atom. The summed E-state index contributed by atoms with van der Waals surface area (Å²) in [4.78, 5) is 20.1. The Labute approximate surface area is 187 Å². The normalized spacial score (nSPS) is 17.4. The summed E-state index contributed by atoms with van der Waals surface area (Å²) >= 11 is 1.45. The van der Waals surface area contributed by atoms with E-state index < -0.39 is 0 Å². The Kier molecular flexibility index (Phi) is 8.37. The van der Waals surface area contributed by atoms with Gasteiger partial charge in [0.15, 0.2) is 0 Å². The third-order valence-corrected chi connectivity index (χ3v) is 6.70. The van der Waals surface area contributed by atoms with Crippen molar-refractivity contribution in [2.75, 3.05) is 33.7 Å². The van der Waals surface area contributed by atoms with Crippen LogP contribution in [0.2, 0.25) is 0 Å². The van der Waals surface area contributed by atoms with Crippen LogP contribution in [0.1, 0.15) is 24.8 Å². The highest BCUT2D eigenvalue weighted by atomic mass is 35.5. The van der Waals surface area contributed by atoms with E-state index in [-0.39, 0.29) is 30.4 Å². The first-order valence-electron chi connectivity index (χ1n) is 9.67. The van der Waals surface area contributed by atoms with Crippen LogP contribution in [0.15, 0.2) is 28.4 Å². The zero-order valence-corrected chi connectivity index (χ0v) is 19.3. The number of aromatic nitrogens is 1.